The molecule has 1 saturated carbocycles. The first-order valence-electron chi connectivity index (χ1n) is 8.10. The fourth-order valence-corrected chi connectivity index (χ4v) is 5.11. The van der Waals surface area contributed by atoms with Gasteiger partial charge < -0.3 is 5.32 Å². The summed E-state index contributed by atoms with van der Waals surface area (Å²) in [7, 11) is -3.12. The molecule has 20 heavy (non-hydrogen) atoms. The molecule has 1 saturated heterocycles. The van der Waals surface area contributed by atoms with Gasteiger partial charge in [0.2, 0.25) is 10.0 Å². The van der Waals surface area contributed by atoms with Crippen molar-refractivity contribution in [1.82, 2.24) is 10.0 Å². The second-order valence-corrected chi connectivity index (χ2v) is 9.08. The Morgan fingerprint density at radius 3 is 2.50 bits per heavy atom. The van der Waals surface area contributed by atoms with Crippen LogP contribution < -0.4 is 10.0 Å². The molecule has 0 aromatic rings. The molecule has 0 amide bonds. The lowest BCUT2D eigenvalue weighted by atomic mass is 9.74. The standard InChI is InChI=1S/C15H30N2O2S/c1-15(2)9-4-3-5-14(15)17-20(18,19)12-8-13-6-10-16-11-7-13/h13-14,16-17H,3-12H2,1-2H3. The smallest absolute Gasteiger partial charge is 0.211 e. The molecular formula is C15H30N2O2S. The summed E-state index contributed by atoms with van der Waals surface area (Å²) in [4.78, 5) is 0. The summed E-state index contributed by atoms with van der Waals surface area (Å²) in [5.41, 5.74) is 0.0973. The van der Waals surface area contributed by atoms with Gasteiger partial charge in [0.15, 0.2) is 0 Å². The predicted octanol–water partition coefficient (Wildman–Crippen LogP) is 2.26. The van der Waals surface area contributed by atoms with Crippen molar-refractivity contribution in [3.63, 3.8) is 0 Å². The number of nitrogens with one attached hydrogen (secondary N) is 2. The van der Waals surface area contributed by atoms with E-state index in [1.54, 1.807) is 0 Å². The maximum atomic E-state index is 12.3. The zero-order chi connectivity index (χ0) is 14.6. The number of hydrogen-bond acceptors (Lipinski definition) is 3. The maximum absolute atomic E-state index is 12.3. The third kappa shape index (κ3) is 4.71. The molecule has 0 spiro atoms. The minimum Gasteiger partial charge on any atom is -0.317 e. The van der Waals surface area contributed by atoms with Gasteiger partial charge in [-0.15, -0.1) is 0 Å². The molecule has 0 aromatic carbocycles. The average Bonchev–Trinajstić information content (AvgIpc) is 2.40. The largest absolute Gasteiger partial charge is 0.317 e. The van der Waals surface area contributed by atoms with Crippen molar-refractivity contribution in [2.45, 2.75) is 64.8 Å². The van der Waals surface area contributed by atoms with Gasteiger partial charge in [-0.3, -0.25) is 0 Å². The van der Waals surface area contributed by atoms with E-state index < -0.39 is 10.0 Å². The van der Waals surface area contributed by atoms with Crippen molar-refractivity contribution in [3.05, 3.63) is 0 Å². The van der Waals surface area contributed by atoms with E-state index >= 15 is 0 Å². The lowest BCUT2D eigenvalue weighted by molar-refractivity contribution is 0.188. The van der Waals surface area contributed by atoms with Crippen LogP contribution in [0.3, 0.4) is 0 Å². The van der Waals surface area contributed by atoms with Crippen LogP contribution in [0.2, 0.25) is 0 Å². The monoisotopic (exact) mass is 302 g/mol. The summed E-state index contributed by atoms with van der Waals surface area (Å²) in [6.07, 6.45) is 7.51. The van der Waals surface area contributed by atoms with Gasteiger partial charge >= 0.3 is 0 Å². The van der Waals surface area contributed by atoms with Gasteiger partial charge in [-0.2, -0.15) is 0 Å². The molecule has 4 nitrogen and oxygen atoms in total. The van der Waals surface area contributed by atoms with E-state index in [-0.39, 0.29) is 11.5 Å². The SMILES string of the molecule is CC1(C)CCCCC1NS(=O)(=O)CCC1CCNCC1. The van der Waals surface area contributed by atoms with Crippen molar-refractivity contribution in [1.29, 1.82) is 0 Å². The number of sulfonamides is 1. The second-order valence-electron chi connectivity index (χ2n) is 7.21. The van der Waals surface area contributed by atoms with E-state index in [2.05, 4.69) is 23.9 Å². The van der Waals surface area contributed by atoms with Gasteiger partial charge in [0.25, 0.3) is 0 Å². The molecule has 2 aliphatic rings. The van der Waals surface area contributed by atoms with Crippen LogP contribution in [-0.4, -0.2) is 33.3 Å². The Morgan fingerprint density at radius 1 is 1.15 bits per heavy atom. The highest BCUT2D eigenvalue weighted by atomic mass is 32.2. The molecule has 118 valence electrons. The Balaban J connectivity index is 1.83. The molecule has 1 heterocycles. The highest BCUT2D eigenvalue weighted by molar-refractivity contribution is 7.89. The van der Waals surface area contributed by atoms with Crippen LogP contribution in [-0.2, 0) is 10.0 Å². The zero-order valence-corrected chi connectivity index (χ0v) is 13.8. The lowest BCUT2D eigenvalue weighted by Gasteiger charge is -2.38. The lowest BCUT2D eigenvalue weighted by Crippen LogP contribution is -2.47. The molecule has 0 aromatic heterocycles. The second kappa shape index (κ2) is 6.75. The summed E-state index contributed by atoms with van der Waals surface area (Å²) < 4.78 is 27.6. The number of rotatable bonds is 5. The molecule has 5 heteroatoms. The highest BCUT2D eigenvalue weighted by Gasteiger charge is 2.34. The van der Waals surface area contributed by atoms with Crippen molar-refractivity contribution < 1.29 is 8.42 Å². The van der Waals surface area contributed by atoms with E-state index in [9.17, 15) is 8.42 Å². The first kappa shape index (κ1) is 16.2. The first-order valence-corrected chi connectivity index (χ1v) is 9.75. The molecule has 1 atom stereocenters. The van der Waals surface area contributed by atoms with E-state index in [0.29, 0.717) is 11.7 Å². The predicted molar refractivity (Wildman–Crippen MR) is 83.2 cm³/mol. The Bertz CT molecular complexity index is 400. The van der Waals surface area contributed by atoms with E-state index in [1.165, 1.54) is 6.42 Å². The summed E-state index contributed by atoms with van der Waals surface area (Å²) in [6, 6.07) is 0.120. The van der Waals surface area contributed by atoms with Crippen LogP contribution >= 0.6 is 0 Å². The Labute approximate surface area is 124 Å². The van der Waals surface area contributed by atoms with Crippen LogP contribution in [0.25, 0.3) is 0 Å². The number of hydrogen-bond donors (Lipinski definition) is 2. The molecule has 2 fully saturated rings. The normalized spacial score (nSPS) is 28.4. The van der Waals surface area contributed by atoms with Crippen molar-refractivity contribution in [3.8, 4) is 0 Å². The molecule has 1 aliphatic carbocycles. The molecular weight excluding hydrogens is 272 g/mol. The van der Waals surface area contributed by atoms with Crippen molar-refractivity contribution in [2.75, 3.05) is 18.8 Å². The summed E-state index contributed by atoms with van der Waals surface area (Å²) in [5, 5.41) is 3.32. The minimum absolute atomic E-state index is 0.0973. The summed E-state index contributed by atoms with van der Waals surface area (Å²) in [6.45, 7) is 6.44. The molecule has 2 rings (SSSR count). The number of piperidine rings is 1. The molecule has 0 bridgehead atoms. The first-order chi connectivity index (χ1) is 9.39. The third-order valence-electron chi connectivity index (χ3n) is 5.08. The summed E-state index contributed by atoms with van der Waals surface area (Å²) >= 11 is 0. The Morgan fingerprint density at radius 2 is 1.85 bits per heavy atom. The van der Waals surface area contributed by atoms with Gasteiger partial charge in [-0.25, -0.2) is 13.1 Å². The average molecular weight is 302 g/mol. The van der Waals surface area contributed by atoms with E-state index in [0.717, 1.165) is 51.6 Å². The van der Waals surface area contributed by atoms with Gasteiger partial charge in [-0.05, 0) is 56.5 Å². The fraction of sp³-hybridized carbons (Fsp3) is 1.00. The van der Waals surface area contributed by atoms with Crippen molar-refractivity contribution in [2.24, 2.45) is 11.3 Å². The van der Waals surface area contributed by atoms with Crippen LogP contribution in [0.4, 0.5) is 0 Å². The van der Waals surface area contributed by atoms with Crippen LogP contribution in [0, 0.1) is 11.3 Å². The molecule has 1 aliphatic heterocycles. The van der Waals surface area contributed by atoms with Crippen LogP contribution in [0.15, 0.2) is 0 Å². The van der Waals surface area contributed by atoms with Crippen molar-refractivity contribution >= 4 is 10.0 Å². The van der Waals surface area contributed by atoms with Gasteiger partial charge in [0.05, 0.1) is 5.75 Å². The molecule has 0 radical (unpaired) electrons. The minimum atomic E-state index is -3.12. The zero-order valence-electron chi connectivity index (χ0n) is 13.0. The molecule has 2 N–H and O–H groups in total. The van der Waals surface area contributed by atoms with E-state index in [1.807, 2.05) is 0 Å². The quantitative estimate of drug-likeness (QED) is 0.819. The van der Waals surface area contributed by atoms with Crippen LogP contribution in [0.1, 0.15) is 58.8 Å². The van der Waals surface area contributed by atoms with Gasteiger partial charge in [0, 0.05) is 6.04 Å². The summed E-state index contributed by atoms with van der Waals surface area (Å²) in [5.74, 6) is 0.872. The fourth-order valence-electron chi connectivity index (χ4n) is 3.48. The van der Waals surface area contributed by atoms with Gasteiger partial charge in [-0.1, -0.05) is 26.7 Å². The van der Waals surface area contributed by atoms with Crippen LogP contribution in [0.5, 0.6) is 0 Å². The Kier molecular flexibility index (Phi) is 5.49. The molecule has 1 unspecified atom stereocenters. The third-order valence-corrected chi connectivity index (χ3v) is 6.50. The Hall–Kier alpha value is -0.130. The maximum Gasteiger partial charge on any atom is 0.211 e. The van der Waals surface area contributed by atoms with E-state index in [4.69, 9.17) is 0 Å². The highest BCUT2D eigenvalue weighted by Crippen LogP contribution is 2.35. The topological polar surface area (TPSA) is 58.2 Å². The van der Waals surface area contributed by atoms with Gasteiger partial charge in [0.1, 0.15) is 0 Å².